The molecule has 168 valence electrons. The van der Waals surface area contributed by atoms with Gasteiger partial charge in [-0.1, -0.05) is 18.2 Å². The van der Waals surface area contributed by atoms with Crippen LogP contribution in [0.5, 0.6) is 5.75 Å². The largest absolute Gasteiger partial charge is 0.497 e. The molecule has 0 fully saturated rings. The first-order valence-corrected chi connectivity index (χ1v) is 9.22. The molecule has 0 aliphatic carbocycles. The molecule has 0 atom stereocenters. The van der Waals surface area contributed by atoms with E-state index in [1.54, 1.807) is 0 Å². The van der Waals surface area contributed by atoms with Crippen molar-refractivity contribution in [3.8, 4) is 5.75 Å². The van der Waals surface area contributed by atoms with Gasteiger partial charge in [0.25, 0.3) is 5.91 Å². The molecule has 4 N–H and O–H groups in total. The summed E-state index contributed by atoms with van der Waals surface area (Å²) in [6.07, 6.45) is -3.46. The predicted octanol–water partition coefficient (Wildman–Crippen LogP) is 4.59. The van der Waals surface area contributed by atoms with Gasteiger partial charge in [0.2, 0.25) is 5.91 Å². The number of rotatable bonds is 7. The molecule has 0 aromatic heterocycles. The zero-order valence-corrected chi connectivity index (χ0v) is 17.4. The van der Waals surface area contributed by atoms with Crippen LogP contribution in [0, 0.1) is 0 Å². The number of halogens is 4. The van der Waals surface area contributed by atoms with Crippen molar-refractivity contribution in [1.82, 2.24) is 0 Å². The monoisotopic (exact) mass is 466 g/mol. The maximum absolute atomic E-state index is 13.7. The Morgan fingerprint density at radius 1 is 1.12 bits per heavy atom. The summed E-state index contributed by atoms with van der Waals surface area (Å²) in [6.45, 7) is 3.31. The summed E-state index contributed by atoms with van der Waals surface area (Å²) in [5.41, 5.74) is 3.09. The highest BCUT2D eigenvalue weighted by Gasteiger charge is 2.40. The van der Waals surface area contributed by atoms with Crippen molar-refractivity contribution in [2.45, 2.75) is 6.18 Å². The molecule has 2 rings (SSSR count). The molecule has 0 heterocycles. The number of alkyl halides is 3. The number of anilines is 2. The Hall–Kier alpha value is -3.79. The van der Waals surface area contributed by atoms with E-state index in [-0.39, 0.29) is 22.1 Å². The Balaban J connectivity index is 2.37. The van der Waals surface area contributed by atoms with E-state index in [0.29, 0.717) is 11.9 Å². The van der Waals surface area contributed by atoms with Gasteiger partial charge in [-0.15, -0.1) is 0 Å². The van der Waals surface area contributed by atoms with E-state index in [2.05, 4.69) is 22.2 Å². The smallest absolute Gasteiger partial charge is 0.434 e. The van der Waals surface area contributed by atoms with Crippen LogP contribution < -0.4 is 21.1 Å². The van der Waals surface area contributed by atoms with Crippen molar-refractivity contribution >= 4 is 46.2 Å². The van der Waals surface area contributed by atoms with E-state index in [1.807, 2.05) is 0 Å². The van der Waals surface area contributed by atoms with Gasteiger partial charge in [0, 0.05) is 22.6 Å². The highest BCUT2D eigenvalue weighted by molar-refractivity contribution is 6.32. The van der Waals surface area contributed by atoms with E-state index >= 15 is 0 Å². The summed E-state index contributed by atoms with van der Waals surface area (Å²) >= 11 is 5.96. The van der Waals surface area contributed by atoms with Crippen molar-refractivity contribution in [2.24, 2.45) is 10.7 Å². The van der Waals surface area contributed by atoms with Crippen molar-refractivity contribution in [1.29, 1.82) is 0 Å². The summed E-state index contributed by atoms with van der Waals surface area (Å²) in [7, 11) is 1.41. The van der Waals surface area contributed by atoms with E-state index in [1.165, 1.54) is 49.6 Å². The van der Waals surface area contributed by atoms with Crippen LogP contribution in [0.3, 0.4) is 0 Å². The minimum atomic E-state index is -4.99. The van der Waals surface area contributed by atoms with Gasteiger partial charge in [-0.3, -0.25) is 9.59 Å². The summed E-state index contributed by atoms with van der Waals surface area (Å²) in [5.74, 6) is -1.30. The molecule has 32 heavy (non-hydrogen) atoms. The number of aliphatic imine (C=N–C) groups is 1. The maximum Gasteiger partial charge on any atom is 0.434 e. The molecule has 0 aliphatic heterocycles. The Bertz CT molecular complexity index is 1080. The number of nitrogens with one attached hydrogen (secondary N) is 2. The second-order valence-corrected chi connectivity index (χ2v) is 6.55. The third-order valence-electron chi connectivity index (χ3n) is 3.86. The second kappa shape index (κ2) is 10.5. The molecule has 0 aliphatic rings. The van der Waals surface area contributed by atoms with Gasteiger partial charge >= 0.3 is 6.18 Å². The number of carbonyl (C=O) groups excluding carboxylic acids is 2. The van der Waals surface area contributed by atoms with Gasteiger partial charge in [-0.05, 0) is 48.5 Å². The molecule has 0 radical (unpaired) electrons. The lowest BCUT2D eigenvalue weighted by atomic mass is 10.1. The van der Waals surface area contributed by atoms with E-state index in [4.69, 9.17) is 22.1 Å². The van der Waals surface area contributed by atoms with Crippen molar-refractivity contribution < 1.29 is 27.5 Å². The zero-order chi connectivity index (χ0) is 23.9. The third-order valence-corrected chi connectivity index (χ3v) is 4.08. The van der Waals surface area contributed by atoms with Gasteiger partial charge in [0.05, 0.1) is 18.4 Å². The van der Waals surface area contributed by atoms with Crippen LogP contribution in [0.2, 0.25) is 5.02 Å². The van der Waals surface area contributed by atoms with Gasteiger partial charge < -0.3 is 21.1 Å². The first kappa shape index (κ1) is 24.5. The molecule has 0 bridgehead atoms. The normalized spacial score (nSPS) is 12.2. The second-order valence-electron chi connectivity index (χ2n) is 6.11. The predicted molar refractivity (Wildman–Crippen MR) is 117 cm³/mol. The summed E-state index contributed by atoms with van der Waals surface area (Å²) in [6, 6.07) is 9.39. The molecule has 2 amide bonds. The molecule has 7 nitrogen and oxygen atoms in total. The van der Waals surface area contributed by atoms with Crippen LogP contribution in [0.4, 0.5) is 30.2 Å². The molecule has 0 saturated carbocycles. The molecule has 0 saturated heterocycles. The number of methoxy groups -OCH3 is 1. The number of nitrogens with two attached hydrogens (primary N) is 1. The lowest BCUT2D eigenvalue weighted by molar-refractivity contribution is -0.113. The van der Waals surface area contributed by atoms with E-state index in [0.717, 1.165) is 6.08 Å². The van der Waals surface area contributed by atoms with E-state index < -0.39 is 29.3 Å². The summed E-state index contributed by atoms with van der Waals surface area (Å²) < 4.78 is 46.0. The minimum Gasteiger partial charge on any atom is -0.497 e. The van der Waals surface area contributed by atoms with Crippen LogP contribution in [0.1, 0.15) is 0 Å². The van der Waals surface area contributed by atoms with Crippen LogP contribution in [-0.2, 0) is 9.59 Å². The molecule has 2 aromatic rings. The van der Waals surface area contributed by atoms with Crippen LogP contribution in [-0.4, -0.2) is 30.8 Å². The van der Waals surface area contributed by atoms with Crippen molar-refractivity contribution in [3.05, 3.63) is 71.9 Å². The van der Waals surface area contributed by atoms with Crippen LogP contribution in [0.15, 0.2) is 71.9 Å². The molecule has 0 unspecified atom stereocenters. The number of carbonyl (C=O) groups is 2. The Kier molecular flexibility index (Phi) is 8.03. The van der Waals surface area contributed by atoms with E-state index in [9.17, 15) is 22.8 Å². The fraction of sp³-hybridized carbons (Fsp3) is 0.0952. The van der Waals surface area contributed by atoms with Crippen molar-refractivity contribution in [2.75, 3.05) is 17.7 Å². The number of nitrogens with zero attached hydrogens (tertiary/aromatic N) is 1. The molecule has 11 heteroatoms. The standard InChI is InChI=1S/C21H18ClF3N4O3/c1-3-18(30)27-14-8-12(22)9-15(10-14)29-20(31)17(11-26)19(21(23,24)25)28-13-4-6-16(32-2)7-5-13/h3-11H,1,26H2,2H3,(H,27,30)(H,29,31). The van der Waals surface area contributed by atoms with Gasteiger partial charge in [0.15, 0.2) is 5.71 Å². The summed E-state index contributed by atoms with van der Waals surface area (Å²) in [4.78, 5) is 27.6. The Labute approximate surface area is 186 Å². The highest BCUT2D eigenvalue weighted by atomic mass is 35.5. The van der Waals surface area contributed by atoms with Crippen LogP contribution >= 0.6 is 11.6 Å². The number of benzene rings is 2. The van der Waals surface area contributed by atoms with Gasteiger partial charge in [-0.25, -0.2) is 4.99 Å². The minimum absolute atomic E-state index is 0.0205. The topological polar surface area (TPSA) is 106 Å². The fourth-order valence-electron chi connectivity index (χ4n) is 2.45. The SMILES string of the molecule is C=CC(=O)Nc1cc(Cl)cc(NC(=O)C(=CN)C(=Nc2ccc(OC)cc2)C(F)(F)F)c1. The van der Waals surface area contributed by atoms with Gasteiger partial charge in [-0.2, -0.15) is 13.2 Å². The maximum atomic E-state index is 13.7. The lowest BCUT2D eigenvalue weighted by Gasteiger charge is -2.15. The summed E-state index contributed by atoms with van der Waals surface area (Å²) in [5, 5.41) is 4.82. The van der Waals surface area contributed by atoms with Crippen LogP contribution in [0.25, 0.3) is 0 Å². The zero-order valence-electron chi connectivity index (χ0n) is 16.7. The molecule has 2 aromatic carbocycles. The number of hydrogen-bond donors (Lipinski definition) is 3. The van der Waals surface area contributed by atoms with Crippen molar-refractivity contribution in [3.63, 3.8) is 0 Å². The fourth-order valence-corrected chi connectivity index (χ4v) is 2.69. The molecule has 0 spiro atoms. The lowest BCUT2D eigenvalue weighted by Crippen LogP contribution is -2.32. The van der Waals surface area contributed by atoms with Gasteiger partial charge in [0.1, 0.15) is 5.75 Å². The number of hydrogen-bond acceptors (Lipinski definition) is 5. The number of ether oxygens (including phenoxy) is 1. The first-order valence-electron chi connectivity index (χ1n) is 8.85. The average molecular weight is 467 g/mol. The molecular weight excluding hydrogens is 449 g/mol. The average Bonchev–Trinajstić information content (AvgIpc) is 2.72. The Morgan fingerprint density at radius 3 is 2.22 bits per heavy atom. The Morgan fingerprint density at radius 2 is 1.72 bits per heavy atom. The first-order chi connectivity index (χ1) is 15.1. The third kappa shape index (κ3) is 6.61. The highest BCUT2D eigenvalue weighted by Crippen LogP contribution is 2.28. The number of amides is 2. The molecular formula is C21H18ClF3N4O3. The quantitative estimate of drug-likeness (QED) is 0.410.